The molecule has 2 N–H and O–H groups in total. The third-order valence-corrected chi connectivity index (χ3v) is 4.05. The monoisotopic (exact) mass is 307 g/mol. The molecule has 0 unspecified atom stereocenters. The van der Waals surface area contributed by atoms with Crippen molar-refractivity contribution < 1.29 is 13.6 Å². The van der Waals surface area contributed by atoms with Crippen molar-refractivity contribution in [3.63, 3.8) is 0 Å². The van der Waals surface area contributed by atoms with Crippen LogP contribution in [0.15, 0.2) is 18.2 Å². The van der Waals surface area contributed by atoms with Crippen LogP contribution in [0.25, 0.3) is 0 Å². The zero-order valence-corrected chi connectivity index (χ0v) is 12.5. The largest absolute Gasteiger partial charge is 0.337 e. The zero-order valence-electron chi connectivity index (χ0n) is 12.5. The van der Waals surface area contributed by atoms with Crippen molar-refractivity contribution in [3.8, 4) is 6.07 Å². The Labute approximate surface area is 128 Å². The highest BCUT2D eigenvalue weighted by Crippen LogP contribution is 2.28. The quantitative estimate of drug-likeness (QED) is 0.878. The van der Waals surface area contributed by atoms with Crippen molar-refractivity contribution >= 4 is 5.91 Å². The lowest BCUT2D eigenvalue weighted by molar-refractivity contribution is -0.121. The van der Waals surface area contributed by atoms with Crippen molar-refractivity contribution in [2.45, 2.75) is 44.2 Å². The smallest absolute Gasteiger partial charge is 0.235 e. The Kier molecular flexibility index (Phi) is 5.09. The second kappa shape index (κ2) is 6.84. The van der Waals surface area contributed by atoms with Crippen LogP contribution in [-0.4, -0.2) is 18.0 Å². The number of hydrogen-bond acceptors (Lipinski definition) is 3. The molecule has 1 fully saturated rings. The van der Waals surface area contributed by atoms with Crippen LogP contribution in [0.4, 0.5) is 8.78 Å². The van der Waals surface area contributed by atoms with Gasteiger partial charge in [0.05, 0.1) is 12.6 Å². The third-order valence-electron chi connectivity index (χ3n) is 4.05. The third kappa shape index (κ3) is 3.80. The van der Waals surface area contributed by atoms with Gasteiger partial charge in [-0.25, -0.2) is 8.78 Å². The van der Waals surface area contributed by atoms with Crippen molar-refractivity contribution in [1.29, 1.82) is 5.26 Å². The van der Waals surface area contributed by atoms with Crippen LogP contribution in [0.1, 0.15) is 44.2 Å². The summed E-state index contributed by atoms with van der Waals surface area (Å²) in [4.78, 5) is 12.0. The van der Waals surface area contributed by atoms with E-state index in [9.17, 15) is 18.8 Å². The molecule has 0 heterocycles. The molecule has 0 saturated heterocycles. The molecule has 118 valence electrons. The molecule has 1 amide bonds. The molecular formula is C16H19F2N3O. The van der Waals surface area contributed by atoms with E-state index in [1.165, 1.54) is 12.1 Å². The average Bonchev–Trinajstić information content (AvgIpc) is 2.94. The minimum Gasteiger partial charge on any atom is -0.337 e. The Hall–Kier alpha value is -2.00. The molecule has 4 nitrogen and oxygen atoms in total. The maximum Gasteiger partial charge on any atom is 0.235 e. The lowest BCUT2D eigenvalue weighted by atomic mass is 10.00. The molecule has 0 radical (unpaired) electrons. The fourth-order valence-corrected chi connectivity index (χ4v) is 2.76. The highest BCUT2D eigenvalue weighted by atomic mass is 19.1. The van der Waals surface area contributed by atoms with Gasteiger partial charge in [-0.15, -0.1) is 0 Å². The summed E-state index contributed by atoms with van der Waals surface area (Å²) in [6, 6.07) is 5.10. The summed E-state index contributed by atoms with van der Waals surface area (Å²) >= 11 is 0. The van der Waals surface area contributed by atoms with E-state index in [0.717, 1.165) is 18.9 Å². The number of amides is 1. The summed E-state index contributed by atoms with van der Waals surface area (Å²) in [5, 5.41) is 14.9. The number of hydrogen-bond donors (Lipinski definition) is 2. The predicted molar refractivity (Wildman–Crippen MR) is 77.7 cm³/mol. The van der Waals surface area contributed by atoms with Gasteiger partial charge in [-0.05, 0) is 38.7 Å². The van der Waals surface area contributed by atoms with Crippen LogP contribution in [0, 0.1) is 23.0 Å². The van der Waals surface area contributed by atoms with E-state index in [2.05, 4.69) is 16.7 Å². The second-order valence-corrected chi connectivity index (χ2v) is 5.72. The lowest BCUT2D eigenvalue weighted by Gasteiger charge is -2.23. The molecule has 22 heavy (non-hydrogen) atoms. The molecule has 1 aromatic rings. The summed E-state index contributed by atoms with van der Waals surface area (Å²) in [5.41, 5.74) is -0.464. The zero-order chi connectivity index (χ0) is 16.2. The predicted octanol–water partition coefficient (Wildman–Crippen LogP) is 2.57. The Bertz CT molecular complexity index is 592. The first kappa shape index (κ1) is 16.4. The molecule has 0 aromatic heterocycles. The molecule has 1 atom stereocenters. The van der Waals surface area contributed by atoms with Gasteiger partial charge in [0.25, 0.3) is 0 Å². The maximum absolute atomic E-state index is 13.6. The summed E-state index contributed by atoms with van der Waals surface area (Å²) in [6.45, 7) is 1.67. The van der Waals surface area contributed by atoms with Gasteiger partial charge >= 0.3 is 0 Å². The van der Waals surface area contributed by atoms with Gasteiger partial charge < -0.3 is 10.6 Å². The number of rotatable bonds is 5. The molecular weight excluding hydrogens is 288 g/mol. The molecule has 6 heteroatoms. The molecule has 0 aliphatic heterocycles. The number of carbonyl (C=O) groups excluding carboxylic acids is 1. The van der Waals surface area contributed by atoms with Gasteiger partial charge in [-0.1, -0.05) is 6.07 Å². The van der Waals surface area contributed by atoms with Crippen molar-refractivity contribution in [2.75, 3.05) is 6.54 Å². The Balaban J connectivity index is 1.89. The lowest BCUT2D eigenvalue weighted by Crippen LogP contribution is -2.48. The fraction of sp³-hybridized carbons (Fsp3) is 0.500. The average molecular weight is 307 g/mol. The standard InChI is InChI=1S/C16H19F2N3O/c1-11(13-5-4-12(17)8-14(13)18)20-9-15(22)21-16(10-19)6-2-3-7-16/h4-5,8,11,20H,2-3,6-7,9H2,1H3,(H,21,22)/t11-/m0/s1. The highest BCUT2D eigenvalue weighted by molar-refractivity contribution is 5.79. The first-order chi connectivity index (χ1) is 10.5. The van der Waals surface area contributed by atoms with Crippen LogP contribution in [-0.2, 0) is 4.79 Å². The maximum atomic E-state index is 13.6. The van der Waals surface area contributed by atoms with Gasteiger partial charge in [0.1, 0.15) is 17.2 Å². The summed E-state index contributed by atoms with van der Waals surface area (Å²) in [6.07, 6.45) is 3.19. The minimum atomic E-state index is -0.761. The van der Waals surface area contributed by atoms with Crippen molar-refractivity contribution in [1.82, 2.24) is 10.6 Å². The Morgan fingerprint density at radius 3 is 2.68 bits per heavy atom. The van der Waals surface area contributed by atoms with Gasteiger partial charge in [0, 0.05) is 17.7 Å². The summed E-state index contributed by atoms with van der Waals surface area (Å²) < 4.78 is 26.5. The number of benzene rings is 1. The fourth-order valence-electron chi connectivity index (χ4n) is 2.76. The summed E-state index contributed by atoms with van der Waals surface area (Å²) in [5.74, 6) is -1.58. The van der Waals surface area contributed by atoms with E-state index in [4.69, 9.17) is 0 Å². The number of halogens is 2. The molecule has 0 bridgehead atoms. The van der Waals surface area contributed by atoms with Crippen LogP contribution < -0.4 is 10.6 Å². The first-order valence-corrected chi connectivity index (χ1v) is 7.36. The summed E-state index contributed by atoms with van der Waals surface area (Å²) in [7, 11) is 0. The highest BCUT2D eigenvalue weighted by Gasteiger charge is 2.35. The second-order valence-electron chi connectivity index (χ2n) is 5.72. The Morgan fingerprint density at radius 2 is 2.09 bits per heavy atom. The van der Waals surface area contributed by atoms with E-state index < -0.39 is 23.2 Å². The molecule has 1 aromatic carbocycles. The van der Waals surface area contributed by atoms with Gasteiger partial charge in [0.15, 0.2) is 0 Å². The molecule has 1 aliphatic rings. The molecule has 1 aliphatic carbocycles. The molecule has 0 spiro atoms. The van der Waals surface area contributed by atoms with Gasteiger partial charge in [-0.2, -0.15) is 5.26 Å². The number of nitrogens with one attached hydrogen (secondary N) is 2. The van der Waals surface area contributed by atoms with Crippen LogP contribution in [0.3, 0.4) is 0 Å². The first-order valence-electron chi connectivity index (χ1n) is 7.36. The van der Waals surface area contributed by atoms with Crippen LogP contribution in [0.2, 0.25) is 0 Å². The van der Waals surface area contributed by atoms with Crippen LogP contribution in [0.5, 0.6) is 0 Å². The number of carbonyl (C=O) groups is 1. The van der Waals surface area contributed by atoms with Crippen molar-refractivity contribution in [3.05, 3.63) is 35.4 Å². The Morgan fingerprint density at radius 1 is 1.41 bits per heavy atom. The van der Waals surface area contributed by atoms with E-state index in [0.29, 0.717) is 18.4 Å². The van der Waals surface area contributed by atoms with E-state index in [1.54, 1.807) is 6.92 Å². The topological polar surface area (TPSA) is 64.9 Å². The van der Waals surface area contributed by atoms with Gasteiger partial charge in [0.2, 0.25) is 5.91 Å². The minimum absolute atomic E-state index is 0.0264. The normalized spacial score (nSPS) is 17.7. The molecule has 1 saturated carbocycles. The van der Waals surface area contributed by atoms with E-state index in [1.807, 2.05) is 0 Å². The van der Waals surface area contributed by atoms with E-state index >= 15 is 0 Å². The van der Waals surface area contributed by atoms with E-state index in [-0.39, 0.29) is 12.5 Å². The number of nitrogens with zero attached hydrogens (tertiary/aromatic N) is 1. The number of nitriles is 1. The van der Waals surface area contributed by atoms with Crippen molar-refractivity contribution in [2.24, 2.45) is 0 Å². The van der Waals surface area contributed by atoms with Gasteiger partial charge in [-0.3, -0.25) is 4.79 Å². The van der Waals surface area contributed by atoms with Crippen LogP contribution >= 0.6 is 0 Å². The SMILES string of the molecule is C[C@H](NCC(=O)NC1(C#N)CCCC1)c1ccc(F)cc1F. The molecule has 2 rings (SSSR count).